The van der Waals surface area contributed by atoms with Crippen LogP contribution in [0.4, 0.5) is 5.13 Å². The molecular weight excluding hydrogens is 482 g/mol. The minimum atomic E-state index is -4.70. The second-order valence-corrected chi connectivity index (χ2v) is 8.90. The monoisotopic (exact) mass is 501 g/mol. The van der Waals surface area contributed by atoms with Crippen molar-refractivity contribution in [3.8, 4) is 5.88 Å². The molecule has 17 heteroatoms. The molecule has 3 heterocycles. The number of rotatable bonds is 11. The maximum Gasteiger partial charge on any atom is 0.362 e. The fourth-order valence-electron chi connectivity index (χ4n) is 2.91. The summed E-state index contributed by atoms with van der Waals surface area (Å²) in [5.41, 5.74) is 10.8. The first-order chi connectivity index (χ1) is 15.5. The van der Waals surface area contributed by atoms with Crippen molar-refractivity contribution in [3.63, 3.8) is 0 Å². The summed E-state index contributed by atoms with van der Waals surface area (Å²) < 4.78 is 41.9. The van der Waals surface area contributed by atoms with Gasteiger partial charge < -0.3 is 25.6 Å². The minimum Gasteiger partial charge on any atom is -0.472 e. The fraction of sp³-hybridized carbons (Fsp3) is 0.375. The Hall–Kier alpha value is -3.57. The number of nitrogens with two attached hydrogens (primary N) is 2. The largest absolute Gasteiger partial charge is 0.472 e. The number of carbonyl (C=O) groups excluding carboxylic acids is 2. The van der Waals surface area contributed by atoms with Crippen LogP contribution in [0.3, 0.4) is 0 Å². The van der Waals surface area contributed by atoms with Gasteiger partial charge in [0.15, 0.2) is 29.1 Å². The Morgan fingerprint density at radius 1 is 1.45 bits per heavy atom. The highest BCUT2D eigenvalue weighted by molar-refractivity contribution is 7.84. The fourth-order valence-corrected chi connectivity index (χ4v) is 4.39. The number of nitrogens with one attached hydrogen (secondary N) is 1. The van der Waals surface area contributed by atoms with Crippen LogP contribution >= 0.6 is 11.3 Å². The predicted molar refractivity (Wildman–Crippen MR) is 113 cm³/mol. The Bertz CT molecular complexity index is 1210. The van der Waals surface area contributed by atoms with Gasteiger partial charge in [0.05, 0.1) is 18.0 Å². The summed E-state index contributed by atoms with van der Waals surface area (Å²) in [6.45, 7) is 1.23. The summed E-state index contributed by atoms with van der Waals surface area (Å²) in [5, 5.41) is 16.2. The smallest absolute Gasteiger partial charge is 0.362 e. The number of amides is 1. The zero-order chi connectivity index (χ0) is 24.3. The third-order valence-electron chi connectivity index (χ3n) is 4.50. The number of nitrogen functional groups attached to an aromatic ring is 2. The van der Waals surface area contributed by atoms with Gasteiger partial charge in [0, 0.05) is 11.8 Å². The number of nitrogens with zero attached hydrogens (tertiary/aromatic N) is 4. The van der Waals surface area contributed by atoms with E-state index in [0.717, 1.165) is 11.3 Å². The minimum absolute atomic E-state index is 0.0327. The van der Waals surface area contributed by atoms with Gasteiger partial charge in [-0.25, -0.2) is 9.29 Å². The number of hydrogen-bond donors (Lipinski definition) is 4. The molecule has 0 aliphatic carbocycles. The first kappa shape index (κ1) is 24.1. The second kappa shape index (κ2) is 9.51. The van der Waals surface area contributed by atoms with Gasteiger partial charge in [-0.2, -0.15) is 8.42 Å². The van der Waals surface area contributed by atoms with E-state index in [1.54, 1.807) is 0 Å². The van der Waals surface area contributed by atoms with E-state index in [0.29, 0.717) is 4.31 Å². The van der Waals surface area contributed by atoms with E-state index in [-0.39, 0.29) is 53.6 Å². The van der Waals surface area contributed by atoms with Gasteiger partial charge in [-0.15, -0.1) is 11.3 Å². The molecule has 1 saturated heterocycles. The highest BCUT2D eigenvalue weighted by Crippen LogP contribution is 2.32. The lowest BCUT2D eigenvalue weighted by molar-refractivity contribution is -0.147. The van der Waals surface area contributed by atoms with Crippen molar-refractivity contribution in [1.29, 1.82) is 5.41 Å². The molecule has 0 aromatic carbocycles. The SMILES string of the molecule is C[C@H]1[C@H](CC(=O)/C(=N\OCCOc2cc(C(=N)N)on2)c2csc(N)n2)C(=O)N1S(=O)(=O)O. The summed E-state index contributed by atoms with van der Waals surface area (Å²) >= 11 is 1.06. The van der Waals surface area contributed by atoms with Gasteiger partial charge in [0.25, 0.3) is 5.88 Å². The highest BCUT2D eigenvalue weighted by Gasteiger charge is 2.51. The second-order valence-electron chi connectivity index (χ2n) is 6.72. The molecule has 3 rings (SSSR count). The molecule has 6 N–H and O–H groups in total. The molecule has 0 spiro atoms. The third-order valence-corrected chi connectivity index (χ3v) is 6.19. The van der Waals surface area contributed by atoms with E-state index in [1.165, 1.54) is 18.4 Å². The van der Waals surface area contributed by atoms with E-state index in [1.807, 2.05) is 0 Å². The first-order valence-corrected chi connectivity index (χ1v) is 11.5. The van der Waals surface area contributed by atoms with E-state index >= 15 is 0 Å². The van der Waals surface area contributed by atoms with Crippen LogP contribution in [0.2, 0.25) is 0 Å². The van der Waals surface area contributed by atoms with Crippen LogP contribution in [0.5, 0.6) is 5.88 Å². The molecule has 1 fully saturated rings. The van der Waals surface area contributed by atoms with Crippen LogP contribution in [-0.2, 0) is 24.7 Å². The number of Topliss-reactive ketones (excluding diaryl/α,β-unsaturated/α-hetero) is 1. The molecule has 2 atom stereocenters. The molecule has 1 aliphatic rings. The van der Waals surface area contributed by atoms with Crippen LogP contribution in [0.25, 0.3) is 0 Å². The maximum atomic E-state index is 12.8. The van der Waals surface area contributed by atoms with Crippen LogP contribution in [0.15, 0.2) is 21.1 Å². The van der Waals surface area contributed by atoms with Crippen LogP contribution in [-0.4, -0.2) is 69.9 Å². The maximum absolute atomic E-state index is 12.8. The average Bonchev–Trinajstić information content (AvgIpc) is 3.37. The molecule has 1 amide bonds. The van der Waals surface area contributed by atoms with Crippen molar-refractivity contribution < 1.29 is 36.7 Å². The van der Waals surface area contributed by atoms with Gasteiger partial charge >= 0.3 is 10.3 Å². The van der Waals surface area contributed by atoms with Crippen LogP contribution in [0, 0.1) is 11.3 Å². The molecule has 0 unspecified atom stereocenters. The quantitative estimate of drug-likeness (QED) is 0.0754. The Morgan fingerprint density at radius 2 is 2.18 bits per heavy atom. The van der Waals surface area contributed by atoms with E-state index in [4.69, 9.17) is 35.5 Å². The zero-order valence-corrected chi connectivity index (χ0v) is 18.6. The summed E-state index contributed by atoms with van der Waals surface area (Å²) in [5.74, 6) is -2.72. The topological polar surface area (TPSA) is 237 Å². The summed E-state index contributed by atoms with van der Waals surface area (Å²) in [6.07, 6.45) is -0.380. The van der Waals surface area contributed by atoms with Crippen LogP contribution in [0.1, 0.15) is 24.8 Å². The van der Waals surface area contributed by atoms with Crippen molar-refractivity contribution in [2.45, 2.75) is 19.4 Å². The number of amidine groups is 1. The number of hydrogen-bond acceptors (Lipinski definition) is 13. The normalized spacial score (nSPS) is 18.7. The van der Waals surface area contributed by atoms with E-state index in [2.05, 4.69) is 15.3 Å². The van der Waals surface area contributed by atoms with Gasteiger partial charge in [0.2, 0.25) is 11.7 Å². The molecule has 33 heavy (non-hydrogen) atoms. The van der Waals surface area contributed by atoms with Gasteiger partial charge in [-0.3, -0.25) is 19.6 Å². The molecule has 0 radical (unpaired) electrons. The number of oxime groups is 1. The molecule has 15 nitrogen and oxygen atoms in total. The number of ether oxygens (including phenoxy) is 1. The Kier molecular flexibility index (Phi) is 6.94. The highest BCUT2D eigenvalue weighted by atomic mass is 32.2. The number of carbonyl (C=O) groups is 2. The Morgan fingerprint density at radius 3 is 2.73 bits per heavy atom. The Balaban J connectivity index is 1.62. The number of β-lactam (4-membered cyclic amide) rings is 1. The summed E-state index contributed by atoms with van der Waals surface area (Å²) in [4.78, 5) is 34.0. The zero-order valence-electron chi connectivity index (χ0n) is 17.0. The van der Waals surface area contributed by atoms with Crippen molar-refractivity contribution in [2.75, 3.05) is 18.9 Å². The summed E-state index contributed by atoms with van der Waals surface area (Å²) in [7, 11) is -4.70. The molecule has 1 aliphatic heterocycles. The molecular formula is C16H19N7O8S2. The van der Waals surface area contributed by atoms with Gasteiger partial charge in [0.1, 0.15) is 12.3 Å². The predicted octanol–water partition coefficient (Wildman–Crippen LogP) is -0.594. The lowest BCUT2D eigenvalue weighted by Crippen LogP contribution is -2.62. The molecule has 0 bridgehead atoms. The molecule has 2 aromatic heterocycles. The lowest BCUT2D eigenvalue weighted by Gasteiger charge is -2.41. The van der Waals surface area contributed by atoms with Crippen molar-refractivity contribution in [2.24, 2.45) is 16.8 Å². The average molecular weight is 502 g/mol. The van der Waals surface area contributed by atoms with E-state index in [9.17, 15) is 18.0 Å². The van der Waals surface area contributed by atoms with Crippen molar-refractivity contribution in [1.82, 2.24) is 14.4 Å². The Labute approximate surface area is 190 Å². The van der Waals surface area contributed by atoms with Gasteiger partial charge in [-0.05, 0) is 12.1 Å². The molecule has 178 valence electrons. The number of aromatic nitrogens is 2. The number of anilines is 1. The number of ketones is 1. The lowest BCUT2D eigenvalue weighted by atomic mass is 9.86. The summed E-state index contributed by atoms with van der Waals surface area (Å²) in [6, 6.07) is 0.403. The van der Waals surface area contributed by atoms with Crippen molar-refractivity contribution in [3.05, 3.63) is 22.9 Å². The third kappa shape index (κ3) is 5.44. The molecule has 2 aromatic rings. The van der Waals surface area contributed by atoms with E-state index < -0.39 is 34.0 Å². The number of thiazole rings is 1. The first-order valence-electron chi connectivity index (χ1n) is 9.18. The van der Waals surface area contributed by atoms with Crippen molar-refractivity contribution >= 4 is 50.0 Å². The molecule has 0 saturated carbocycles. The van der Waals surface area contributed by atoms with Gasteiger partial charge in [-0.1, -0.05) is 5.16 Å². The standard InChI is InChI=1S/C16H19N7O8S2/c1-7-8(15(25)23(7)33(26,27)28)4-10(24)13(9-6-32-16(19)20-9)22-30-3-2-29-12-5-11(14(17)18)31-21-12/h5-8H,2-4H2,1H3,(H3,17,18)(H2,19,20)(H,26,27,28)/b22-13-/t7-,8-/m0/s1. The van der Waals surface area contributed by atoms with Crippen LogP contribution < -0.4 is 16.2 Å².